The van der Waals surface area contributed by atoms with Gasteiger partial charge in [-0.25, -0.2) is 0 Å². The van der Waals surface area contributed by atoms with E-state index in [1.165, 1.54) is 24.8 Å². The fourth-order valence-electron chi connectivity index (χ4n) is 3.03. The zero-order valence-corrected chi connectivity index (χ0v) is 16.9. The number of nitrogens with zero attached hydrogens (tertiary/aromatic N) is 1. The molecule has 1 aromatic heterocycles. The quantitative estimate of drug-likeness (QED) is 0.704. The van der Waals surface area contributed by atoms with Crippen molar-refractivity contribution in [1.82, 2.24) is 10.3 Å². The highest BCUT2D eigenvalue weighted by atomic mass is 28.3. The molecule has 0 aliphatic heterocycles. The molecular formula is C19H34N2OSi. The van der Waals surface area contributed by atoms with Crippen molar-refractivity contribution in [2.45, 2.75) is 72.2 Å². The Balaban J connectivity index is 2.15. The smallest absolute Gasteiger partial charge is 0.171 e. The van der Waals surface area contributed by atoms with Gasteiger partial charge in [-0.3, -0.25) is 4.98 Å². The van der Waals surface area contributed by atoms with E-state index in [1.807, 2.05) is 0 Å². The van der Waals surface area contributed by atoms with Crippen LogP contribution in [0.4, 0.5) is 0 Å². The SMILES string of the molecule is CCCNC(c1ccc(C(O[SiH](C)C)C(C)(C)C)nc1)C1CC1. The maximum absolute atomic E-state index is 6.29. The molecule has 0 aromatic carbocycles. The lowest BCUT2D eigenvalue weighted by atomic mass is 9.87. The predicted molar refractivity (Wildman–Crippen MR) is 100 cm³/mol. The second kappa shape index (κ2) is 7.91. The van der Waals surface area contributed by atoms with E-state index in [-0.39, 0.29) is 11.5 Å². The lowest BCUT2D eigenvalue weighted by molar-refractivity contribution is 0.0827. The van der Waals surface area contributed by atoms with Gasteiger partial charge >= 0.3 is 0 Å². The van der Waals surface area contributed by atoms with Crippen LogP contribution in [0.1, 0.15) is 70.4 Å². The molecule has 1 aromatic rings. The molecule has 23 heavy (non-hydrogen) atoms. The van der Waals surface area contributed by atoms with Crippen LogP contribution in [0.15, 0.2) is 18.3 Å². The van der Waals surface area contributed by atoms with Gasteiger partial charge in [-0.05, 0) is 61.9 Å². The van der Waals surface area contributed by atoms with Crippen molar-refractivity contribution < 1.29 is 4.43 Å². The van der Waals surface area contributed by atoms with Crippen LogP contribution in [0.3, 0.4) is 0 Å². The molecule has 1 saturated carbocycles. The van der Waals surface area contributed by atoms with Crippen molar-refractivity contribution in [3.63, 3.8) is 0 Å². The molecule has 130 valence electrons. The van der Waals surface area contributed by atoms with Gasteiger partial charge in [0.1, 0.15) is 0 Å². The largest absolute Gasteiger partial charge is 0.412 e. The minimum absolute atomic E-state index is 0.0716. The Labute approximate surface area is 144 Å². The van der Waals surface area contributed by atoms with E-state index in [0.29, 0.717) is 6.04 Å². The molecule has 0 saturated heterocycles. The molecule has 1 aliphatic rings. The molecule has 2 atom stereocenters. The summed E-state index contributed by atoms with van der Waals surface area (Å²) in [6.45, 7) is 14.5. The van der Waals surface area contributed by atoms with E-state index in [1.54, 1.807) is 0 Å². The Morgan fingerprint density at radius 2 is 2.00 bits per heavy atom. The Hall–Kier alpha value is -0.713. The maximum Gasteiger partial charge on any atom is 0.171 e. The van der Waals surface area contributed by atoms with Crippen LogP contribution in [0, 0.1) is 11.3 Å². The van der Waals surface area contributed by atoms with E-state index in [2.05, 4.69) is 64.4 Å². The Bertz CT molecular complexity index is 477. The third-order valence-corrected chi connectivity index (χ3v) is 5.16. The van der Waals surface area contributed by atoms with E-state index in [4.69, 9.17) is 9.41 Å². The summed E-state index contributed by atoms with van der Waals surface area (Å²) in [5.74, 6) is 0.798. The van der Waals surface area contributed by atoms with Crippen molar-refractivity contribution in [3.8, 4) is 0 Å². The van der Waals surface area contributed by atoms with Gasteiger partial charge in [-0.2, -0.15) is 0 Å². The fraction of sp³-hybridized carbons (Fsp3) is 0.737. The first-order valence-electron chi connectivity index (χ1n) is 9.17. The van der Waals surface area contributed by atoms with Gasteiger partial charge in [0.05, 0.1) is 11.8 Å². The summed E-state index contributed by atoms with van der Waals surface area (Å²) in [6, 6.07) is 4.92. The van der Waals surface area contributed by atoms with E-state index >= 15 is 0 Å². The highest BCUT2D eigenvalue weighted by Crippen LogP contribution is 2.41. The highest BCUT2D eigenvalue weighted by molar-refractivity contribution is 6.48. The molecule has 0 bridgehead atoms. The molecule has 0 spiro atoms. The number of rotatable bonds is 8. The third-order valence-electron chi connectivity index (χ3n) is 4.34. The maximum atomic E-state index is 6.29. The van der Waals surface area contributed by atoms with E-state index in [9.17, 15) is 0 Å². The van der Waals surface area contributed by atoms with Crippen molar-refractivity contribution in [2.75, 3.05) is 6.54 Å². The van der Waals surface area contributed by atoms with Gasteiger partial charge < -0.3 is 9.74 Å². The Kier molecular flexibility index (Phi) is 6.40. The van der Waals surface area contributed by atoms with Crippen LogP contribution in [0.5, 0.6) is 0 Å². The molecular weight excluding hydrogens is 300 g/mol. The van der Waals surface area contributed by atoms with Crippen LogP contribution < -0.4 is 5.32 Å². The van der Waals surface area contributed by atoms with Gasteiger partial charge in [-0.15, -0.1) is 0 Å². The molecule has 4 heteroatoms. The number of nitrogens with one attached hydrogen (secondary N) is 1. The topological polar surface area (TPSA) is 34.1 Å². The molecule has 2 unspecified atom stereocenters. The van der Waals surface area contributed by atoms with Crippen LogP contribution >= 0.6 is 0 Å². The lowest BCUT2D eigenvalue weighted by Crippen LogP contribution is -2.27. The molecule has 0 amide bonds. The fourth-order valence-corrected chi connectivity index (χ4v) is 4.12. The van der Waals surface area contributed by atoms with E-state index < -0.39 is 9.04 Å². The first-order valence-corrected chi connectivity index (χ1v) is 12.0. The first kappa shape index (κ1) is 18.6. The minimum atomic E-state index is -1.10. The monoisotopic (exact) mass is 334 g/mol. The number of hydrogen-bond donors (Lipinski definition) is 1. The first-order chi connectivity index (χ1) is 10.8. The zero-order chi connectivity index (χ0) is 17.0. The molecule has 0 radical (unpaired) electrons. The normalized spacial score (nSPS) is 18.2. The second-order valence-corrected chi connectivity index (χ2v) is 10.6. The average Bonchev–Trinajstić information content (AvgIpc) is 3.29. The van der Waals surface area contributed by atoms with Crippen LogP contribution in [-0.4, -0.2) is 20.6 Å². The molecule has 1 aliphatic carbocycles. The summed E-state index contributed by atoms with van der Waals surface area (Å²) >= 11 is 0. The number of pyridine rings is 1. The summed E-state index contributed by atoms with van der Waals surface area (Å²) in [6.07, 6.45) is 6.02. The standard InChI is InChI=1S/C19H34N2OSi/c1-7-12-20-17(14-8-9-14)15-10-11-16(21-13-15)18(19(2,3)4)22-23(5)6/h10-11,13-14,17-18,20,23H,7-9,12H2,1-6H3. The predicted octanol–water partition coefficient (Wildman–Crippen LogP) is 4.62. The Morgan fingerprint density at radius 3 is 2.43 bits per heavy atom. The summed E-state index contributed by atoms with van der Waals surface area (Å²) in [4.78, 5) is 4.79. The average molecular weight is 335 g/mol. The van der Waals surface area contributed by atoms with Crippen LogP contribution in [0.2, 0.25) is 13.1 Å². The van der Waals surface area contributed by atoms with Crippen molar-refractivity contribution in [1.29, 1.82) is 0 Å². The number of hydrogen-bond acceptors (Lipinski definition) is 3. The van der Waals surface area contributed by atoms with Crippen molar-refractivity contribution in [2.24, 2.45) is 11.3 Å². The summed E-state index contributed by atoms with van der Waals surface area (Å²) in [5.41, 5.74) is 2.48. The summed E-state index contributed by atoms with van der Waals surface area (Å²) in [5, 5.41) is 3.69. The summed E-state index contributed by atoms with van der Waals surface area (Å²) in [7, 11) is -1.10. The van der Waals surface area contributed by atoms with Gasteiger partial charge in [0.2, 0.25) is 0 Å². The molecule has 1 heterocycles. The van der Waals surface area contributed by atoms with Gasteiger partial charge in [0, 0.05) is 12.2 Å². The molecule has 2 rings (SSSR count). The van der Waals surface area contributed by atoms with Crippen LogP contribution in [0.25, 0.3) is 0 Å². The highest BCUT2D eigenvalue weighted by Gasteiger charge is 2.33. The van der Waals surface area contributed by atoms with Crippen molar-refractivity contribution >= 4 is 9.04 Å². The number of aromatic nitrogens is 1. The minimum Gasteiger partial charge on any atom is -0.412 e. The summed E-state index contributed by atoms with van der Waals surface area (Å²) < 4.78 is 6.29. The molecule has 1 fully saturated rings. The van der Waals surface area contributed by atoms with Gasteiger partial charge in [-0.1, -0.05) is 33.8 Å². The van der Waals surface area contributed by atoms with E-state index in [0.717, 1.165) is 18.2 Å². The third kappa shape index (κ3) is 5.40. The van der Waals surface area contributed by atoms with Crippen LogP contribution in [-0.2, 0) is 4.43 Å². The zero-order valence-electron chi connectivity index (χ0n) is 15.7. The lowest BCUT2D eigenvalue weighted by Gasteiger charge is -2.32. The molecule has 3 nitrogen and oxygen atoms in total. The van der Waals surface area contributed by atoms with Crippen molar-refractivity contribution in [3.05, 3.63) is 29.6 Å². The Morgan fingerprint density at radius 1 is 1.30 bits per heavy atom. The molecule has 1 N–H and O–H groups in total. The second-order valence-electron chi connectivity index (χ2n) is 8.22. The van der Waals surface area contributed by atoms with Gasteiger partial charge in [0.25, 0.3) is 0 Å². The van der Waals surface area contributed by atoms with Gasteiger partial charge in [0.15, 0.2) is 9.04 Å².